The summed E-state index contributed by atoms with van der Waals surface area (Å²) in [6, 6.07) is 4.01. The number of fused-ring (bicyclic) bond motifs is 1. The fraction of sp³-hybridized carbons (Fsp3) is 0.643. The van der Waals surface area contributed by atoms with Gasteiger partial charge in [0, 0.05) is 37.3 Å². The monoisotopic (exact) mass is 248 g/mol. The van der Waals surface area contributed by atoms with Crippen LogP contribution in [0.25, 0.3) is 0 Å². The molecule has 3 unspecified atom stereocenters. The molecule has 2 fully saturated rings. The van der Waals surface area contributed by atoms with E-state index < -0.39 is 0 Å². The summed E-state index contributed by atoms with van der Waals surface area (Å²) in [5.74, 6) is 1.88. The van der Waals surface area contributed by atoms with Crippen LogP contribution < -0.4 is 4.74 Å². The van der Waals surface area contributed by atoms with Gasteiger partial charge in [0.15, 0.2) is 0 Å². The molecule has 1 saturated carbocycles. The number of ether oxygens (including phenoxy) is 1. The molecule has 18 heavy (non-hydrogen) atoms. The van der Waals surface area contributed by atoms with Gasteiger partial charge in [0.25, 0.3) is 0 Å². The van der Waals surface area contributed by atoms with Crippen molar-refractivity contribution in [3.8, 4) is 5.88 Å². The van der Waals surface area contributed by atoms with Crippen molar-refractivity contribution < 1.29 is 9.84 Å². The fourth-order valence-electron chi connectivity index (χ4n) is 3.43. The molecule has 0 aromatic carbocycles. The molecule has 3 rings (SSSR count). The van der Waals surface area contributed by atoms with E-state index in [-0.39, 0.29) is 6.10 Å². The topological polar surface area (TPSA) is 45.6 Å². The Hall–Kier alpha value is -1.13. The van der Waals surface area contributed by atoms with E-state index in [2.05, 4.69) is 16.0 Å². The minimum Gasteiger partial charge on any atom is -0.481 e. The Balaban J connectivity index is 1.68. The maximum atomic E-state index is 9.92. The van der Waals surface area contributed by atoms with Crippen LogP contribution in [0.5, 0.6) is 5.88 Å². The van der Waals surface area contributed by atoms with Crippen LogP contribution in [0, 0.1) is 11.8 Å². The molecule has 2 aliphatic rings. The molecule has 3 atom stereocenters. The third-order valence-electron chi connectivity index (χ3n) is 4.33. The highest BCUT2D eigenvalue weighted by Crippen LogP contribution is 2.38. The van der Waals surface area contributed by atoms with Gasteiger partial charge >= 0.3 is 0 Å². The molecule has 0 radical (unpaired) electrons. The van der Waals surface area contributed by atoms with E-state index in [1.807, 2.05) is 6.07 Å². The molecule has 1 aliphatic carbocycles. The number of aromatic nitrogens is 1. The van der Waals surface area contributed by atoms with Crippen molar-refractivity contribution in [1.82, 2.24) is 9.88 Å². The highest BCUT2D eigenvalue weighted by atomic mass is 16.5. The Kier molecular flexibility index (Phi) is 3.22. The Morgan fingerprint density at radius 1 is 1.44 bits per heavy atom. The first-order valence-corrected chi connectivity index (χ1v) is 6.66. The molecule has 4 nitrogen and oxygen atoms in total. The van der Waals surface area contributed by atoms with Crippen LogP contribution in [0.1, 0.15) is 18.4 Å². The lowest BCUT2D eigenvalue weighted by Gasteiger charge is -2.18. The predicted octanol–water partition coefficient (Wildman–Crippen LogP) is 1.29. The molecule has 0 spiro atoms. The predicted molar refractivity (Wildman–Crippen MR) is 68.3 cm³/mol. The van der Waals surface area contributed by atoms with Gasteiger partial charge in [-0.05, 0) is 24.8 Å². The van der Waals surface area contributed by atoms with Crippen molar-refractivity contribution >= 4 is 0 Å². The zero-order valence-corrected chi connectivity index (χ0v) is 10.7. The van der Waals surface area contributed by atoms with Crippen LogP contribution in [0.4, 0.5) is 0 Å². The van der Waals surface area contributed by atoms with Crippen molar-refractivity contribution in [2.75, 3.05) is 20.2 Å². The number of likely N-dealkylation sites (tertiary alicyclic amines) is 1. The maximum Gasteiger partial charge on any atom is 0.217 e. The van der Waals surface area contributed by atoms with Crippen LogP contribution in [0.2, 0.25) is 0 Å². The Labute approximate surface area is 108 Å². The van der Waals surface area contributed by atoms with Crippen LogP contribution in [-0.4, -0.2) is 41.3 Å². The summed E-state index contributed by atoms with van der Waals surface area (Å²) in [7, 11) is 1.66. The van der Waals surface area contributed by atoms with Crippen LogP contribution in [0.15, 0.2) is 18.3 Å². The number of hydrogen-bond acceptors (Lipinski definition) is 4. The van der Waals surface area contributed by atoms with Gasteiger partial charge in [-0.3, -0.25) is 4.90 Å². The van der Waals surface area contributed by atoms with E-state index in [1.165, 1.54) is 6.42 Å². The highest BCUT2D eigenvalue weighted by molar-refractivity contribution is 5.25. The summed E-state index contributed by atoms with van der Waals surface area (Å²) in [6.45, 7) is 2.97. The van der Waals surface area contributed by atoms with Crippen molar-refractivity contribution in [1.29, 1.82) is 0 Å². The zero-order chi connectivity index (χ0) is 12.5. The lowest BCUT2D eigenvalue weighted by Crippen LogP contribution is -2.24. The van der Waals surface area contributed by atoms with Gasteiger partial charge in [0.1, 0.15) is 0 Å². The van der Waals surface area contributed by atoms with Crippen LogP contribution >= 0.6 is 0 Å². The summed E-state index contributed by atoms with van der Waals surface area (Å²) in [5, 5.41) is 9.92. The normalized spacial score (nSPS) is 31.6. The first kappa shape index (κ1) is 11.9. The number of rotatable bonds is 3. The maximum absolute atomic E-state index is 9.92. The van der Waals surface area contributed by atoms with E-state index in [1.54, 1.807) is 13.3 Å². The quantitative estimate of drug-likeness (QED) is 0.875. The van der Waals surface area contributed by atoms with Crippen LogP contribution in [-0.2, 0) is 6.54 Å². The molecule has 0 bridgehead atoms. The standard InChI is InChI=1S/C14H20N2O2/c1-18-14-11(3-2-6-15-14)8-16-7-10-4-5-13(17)12(10)9-16/h2-3,6,10,12-13,17H,4-5,7-9H2,1H3. The van der Waals surface area contributed by atoms with E-state index in [4.69, 9.17) is 4.74 Å². The zero-order valence-electron chi connectivity index (χ0n) is 10.7. The molecule has 98 valence electrons. The van der Waals surface area contributed by atoms with E-state index in [0.29, 0.717) is 11.8 Å². The minimum absolute atomic E-state index is 0.0872. The van der Waals surface area contributed by atoms with Gasteiger partial charge in [-0.25, -0.2) is 4.98 Å². The lowest BCUT2D eigenvalue weighted by atomic mass is 10.00. The van der Waals surface area contributed by atoms with Gasteiger partial charge in [-0.2, -0.15) is 0 Å². The molecular formula is C14H20N2O2. The first-order valence-electron chi connectivity index (χ1n) is 6.66. The second-order valence-electron chi connectivity index (χ2n) is 5.43. The van der Waals surface area contributed by atoms with Crippen molar-refractivity contribution in [2.24, 2.45) is 11.8 Å². The molecule has 4 heteroatoms. The van der Waals surface area contributed by atoms with E-state index >= 15 is 0 Å². The number of aliphatic hydroxyl groups is 1. The van der Waals surface area contributed by atoms with Crippen molar-refractivity contribution in [3.63, 3.8) is 0 Å². The molecule has 2 heterocycles. The Bertz CT molecular complexity index is 424. The third kappa shape index (κ3) is 2.10. The van der Waals surface area contributed by atoms with E-state index in [9.17, 15) is 5.11 Å². The summed E-state index contributed by atoms with van der Waals surface area (Å²) >= 11 is 0. The second kappa shape index (κ2) is 4.86. The summed E-state index contributed by atoms with van der Waals surface area (Å²) in [4.78, 5) is 6.64. The van der Waals surface area contributed by atoms with Crippen molar-refractivity contribution in [2.45, 2.75) is 25.5 Å². The molecule has 1 aromatic heterocycles. The summed E-state index contributed by atoms with van der Waals surface area (Å²) in [5.41, 5.74) is 1.13. The number of methoxy groups -OCH3 is 1. The number of pyridine rings is 1. The molecule has 1 N–H and O–H groups in total. The average Bonchev–Trinajstić information content (AvgIpc) is 2.93. The first-order chi connectivity index (χ1) is 8.78. The van der Waals surface area contributed by atoms with Gasteiger partial charge in [0.2, 0.25) is 5.88 Å². The minimum atomic E-state index is -0.0872. The largest absolute Gasteiger partial charge is 0.481 e. The summed E-state index contributed by atoms with van der Waals surface area (Å²) < 4.78 is 5.28. The molecule has 0 amide bonds. The van der Waals surface area contributed by atoms with Crippen molar-refractivity contribution in [3.05, 3.63) is 23.9 Å². The van der Waals surface area contributed by atoms with E-state index in [0.717, 1.165) is 37.5 Å². The molecular weight excluding hydrogens is 228 g/mol. The fourth-order valence-corrected chi connectivity index (χ4v) is 3.43. The highest BCUT2D eigenvalue weighted by Gasteiger charge is 2.41. The number of nitrogens with zero attached hydrogens (tertiary/aromatic N) is 2. The second-order valence-corrected chi connectivity index (χ2v) is 5.43. The number of hydrogen-bond donors (Lipinski definition) is 1. The lowest BCUT2D eigenvalue weighted by molar-refractivity contribution is 0.123. The number of aliphatic hydroxyl groups excluding tert-OH is 1. The SMILES string of the molecule is COc1ncccc1CN1CC2CCC(O)C2C1. The molecule has 1 aromatic rings. The van der Waals surface area contributed by atoms with Gasteiger partial charge < -0.3 is 9.84 Å². The third-order valence-corrected chi connectivity index (χ3v) is 4.33. The average molecular weight is 248 g/mol. The van der Waals surface area contributed by atoms with Gasteiger partial charge in [-0.15, -0.1) is 0 Å². The van der Waals surface area contributed by atoms with Gasteiger partial charge in [0.05, 0.1) is 13.2 Å². The molecule has 1 aliphatic heterocycles. The Morgan fingerprint density at radius 3 is 3.11 bits per heavy atom. The smallest absolute Gasteiger partial charge is 0.217 e. The Morgan fingerprint density at radius 2 is 2.33 bits per heavy atom. The van der Waals surface area contributed by atoms with Crippen LogP contribution in [0.3, 0.4) is 0 Å². The van der Waals surface area contributed by atoms with Gasteiger partial charge in [-0.1, -0.05) is 6.07 Å². The molecule has 1 saturated heterocycles. The summed E-state index contributed by atoms with van der Waals surface area (Å²) in [6.07, 6.45) is 3.83.